The summed E-state index contributed by atoms with van der Waals surface area (Å²) in [6.45, 7) is 7.06. The molecule has 108 valence electrons. The van der Waals surface area contributed by atoms with E-state index in [9.17, 15) is 4.79 Å². The van der Waals surface area contributed by atoms with Crippen molar-refractivity contribution in [3.05, 3.63) is 0 Å². The number of carbonyl (C=O) groups excluding carboxylic acids is 1. The van der Waals surface area contributed by atoms with E-state index < -0.39 is 5.41 Å². The van der Waals surface area contributed by atoms with E-state index in [-0.39, 0.29) is 5.91 Å². The van der Waals surface area contributed by atoms with Crippen LogP contribution < -0.4 is 5.73 Å². The van der Waals surface area contributed by atoms with Crippen LogP contribution in [0.4, 0.5) is 0 Å². The van der Waals surface area contributed by atoms with E-state index in [0.29, 0.717) is 19.7 Å². The SMILES string of the molecule is COCCN(CCCN(C)C)C(=O)C(C)(C)CN. The van der Waals surface area contributed by atoms with Gasteiger partial charge in [-0.05, 0) is 40.9 Å². The Labute approximate surface area is 111 Å². The molecule has 0 aromatic heterocycles. The summed E-state index contributed by atoms with van der Waals surface area (Å²) in [4.78, 5) is 16.3. The predicted molar refractivity (Wildman–Crippen MR) is 74.5 cm³/mol. The van der Waals surface area contributed by atoms with Gasteiger partial charge in [0.25, 0.3) is 0 Å². The van der Waals surface area contributed by atoms with Crippen LogP contribution in [0.1, 0.15) is 20.3 Å². The molecule has 0 unspecified atom stereocenters. The van der Waals surface area contributed by atoms with Crippen molar-refractivity contribution in [2.45, 2.75) is 20.3 Å². The molecule has 5 heteroatoms. The zero-order valence-electron chi connectivity index (χ0n) is 12.5. The maximum Gasteiger partial charge on any atom is 0.229 e. The maximum atomic E-state index is 12.4. The Balaban J connectivity index is 4.42. The van der Waals surface area contributed by atoms with Gasteiger partial charge in [-0.25, -0.2) is 0 Å². The summed E-state index contributed by atoms with van der Waals surface area (Å²) in [5.74, 6) is 0.112. The number of rotatable bonds is 9. The van der Waals surface area contributed by atoms with E-state index in [0.717, 1.165) is 19.5 Å². The van der Waals surface area contributed by atoms with Crippen LogP contribution in [0.15, 0.2) is 0 Å². The fraction of sp³-hybridized carbons (Fsp3) is 0.923. The summed E-state index contributed by atoms with van der Waals surface area (Å²) in [5, 5.41) is 0. The lowest BCUT2D eigenvalue weighted by molar-refractivity contribution is -0.140. The molecular formula is C13H29N3O2. The zero-order valence-corrected chi connectivity index (χ0v) is 12.5. The van der Waals surface area contributed by atoms with E-state index in [1.807, 2.05) is 32.8 Å². The first-order valence-electron chi connectivity index (χ1n) is 6.48. The number of hydrogen-bond acceptors (Lipinski definition) is 4. The second kappa shape index (κ2) is 8.45. The van der Waals surface area contributed by atoms with Gasteiger partial charge in [0.15, 0.2) is 0 Å². The van der Waals surface area contributed by atoms with Crippen LogP contribution in [0, 0.1) is 5.41 Å². The molecule has 0 spiro atoms. The zero-order chi connectivity index (χ0) is 14.2. The molecule has 0 fully saturated rings. The second-order valence-corrected chi connectivity index (χ2v) is 5.53. The molecule has 0 saturated heterocycles. The van der Waals surface area contributed by atoms with Crippen molar-refractivity contribution in [1.29, 1.82) is 0 Å². The highest BCUT2D eigenvalue weighted by atomic mass is 16.5. The summed E-state index contributed by atoms with van der Waals surface area (Å²) >= 11 is 0. The van der Waals surface area contributed by atoms with Crippen LogP contribution in [0.2, 0.25) is 0 Å². The van der Waals surface area contributed by atoms with E-state index in [4.69, 9.17) is 10.5 Å². The molecule has 0 aromatic carbocycles. The molecule has 0 atom stereocenters. The van der Waals surface area contributed by atoms with Crippen molar-refractivity contribution >= 4 is 5.91 Å². The Kier molecular flexibility index (Phi) is 8.15. The molecule has 0 aromatic rings. The van der Waals surface area contributed by atoms with Crippen molar-refractivity contribution in [3.63, 3.8) is 0 Å². The number of carbonyl (C=O) groups is 1. The van der Waals surface area contributed by atoms with Crippen molar-refractivity contribution in [1.82, 2.24) is 9.80 Å². The highest BCUT2D eigenvalue weighted by Crippen LogP contribution is 2.17. The summed E-state index contributed by atoms with van der Waals surface area (Å²) < 4.78 is 5.06. The normalized spacial score (nSPS) is 11.9. The van der Waals surface area contributed by atoms with Gasteiger partial charge in [0.1, 0.15) is 0 Å². The fourth-order valence-corrected chi connectivity index (χ4v) is 1.61. The summed E-state index contributed by atoms with van der Waals surface area (Å²) in [5.41, 5.74) is 5.17. The maximum absolute atomic E-state index is 12.4. The first-order chi connectivity index (χ1) is 8.35. The second-order valence-electron chi connectivity index (χ2n) is 5.53. The smallest absolute Gasteiger partial charge is 0.229 e. The third-order valence-electron chi connectivity index (χ3n) is 2.98. The summed E-state index contributed by atoms with van der Waals surface area (Å²) in [7, 11) is 5.72. The number of hydrogen-bond donors (Lipinski definition) is 1. The Morgan fingerprint density at radius 1 is 1.22 bits per heavy atom. The van der Waals surface area contributed by atoms with Gasteiger partial charge >= 0.3 is 0 Å². The first kappa shape index (κ1) is 17.4. The number of methoxy groups -OCH3 is 1. The van der Waals surface area contributed by atoms with Crippen molar-refractivity contribution in [2.75, 3.05) is 54.0 Å². The molecule has 0 radical (unpaired) electrons. The average molecular weight is 259 g/mol. The quantitative estimate of drug-likeness (QED) is 0.651. The molecular weight excluding hydrogens is 230 g/mol. The van der Waals surface area contributed by atoms with Crippen molar-refractivity contribution in [3.8, 4) is 0 Å². The molecule has 0 saturated carbocycles. The van der Waals surface area contributed by atoms with Crippen molar-refractivity contribution in [2.24, 2.45) is 11.1 Å². The third kappa shape index (κ3) is 6.33. The molecule has 0 aliphatic rings. The van der Waals surface area contributed by atoms with Gasteiger partial charge in [0.05, 0.1) is 12.0 Å². The highest BCUT2D eigenvalue weighted by molar-refractivity contribution is 5.82. The highest BCUT2D eigenvalue weighted by Gasteiger charge is 2.30. The molecule has 0 aliphatic carbocycles. The molecule has 5 nitrogen and oxygen atoms in total. The minimum absolute atomic E-state index is 0.112. The third-order valence-corrected chi connectivity index (χ3v) is 2.98. The van der Waals surface area contributed by atoms with Gasteiger partial charge in [-0.3, -0.25) is 4.79 Å². The Morgan fingerprint density at radius 3 is 2.28 bits per heavy atom. The Bertz CT molecular complexity index is 242. The molecule has 1 amide bonds. The minimum Gasteiger partial charge on any atom is -0.383 e. The van der Waals surface area contributed by atoms with Gasteiger partial charge < -0.3 is 20.3 Å². The molecule has 18 heavy (non-hydrogen) atoms. The number of ether oxygens (including phenoxy) is 1. The number of amides is 1. The standard InChI is InChI=1S/C13H29N3O2/c1-13(2,11-14)12(17)16(9-10-18-5)8-6-7-15(3)4/h6-11,14H2,1-5H3. The minimum atomic E-state index is -0.494. The molecule has 2 N–H and O–H groups in total. The number of nitrogens with zero attached hydrogens (tertiary/aromatic N) is 2. The lowest BCUT2D eigenvalue weighted by Crippen LogP contribution is -2.46. The van der Waals surface area contributed by atoms with Gasteiger partial charge in [-0.1, -0.05) is 0 Å². The lowest BCUT2D eigenvalue weighted by atomic mass is 9.91. The van der Waals surface area contributed by atoms with Crippen LogP contribution in [0.5, 0.6) is 0 Å². The van der Waals surface area contributed by atoms with Crippen LogP contribution in [0.25, 0.3) is 0 Å². The lowest BCUT2D eigenvalue weighted by Gasteiger charge is -2.31. The first-order valence-corrected chi connectivity index (χ1v) is 6.48. The van der Waals surface area contributed by atoms with Gasteiger partial charge in [0.2, 0.25) is 5.91 Å². The van der Waals surface area contributed by atoms with Crippen molar-refractivity contribution < 1.29 is 9.53 Å². The van der Waals surface area contributed by atoms with E-state index >= 15 is 0 Å². The summed E-state index contributed by atoms with van der Waals surface area (Å²) in [6.07, 6.45) is 0.961. The van der Waals surface area contributed by atoms with Crippen LogP contribution >= 0.6 is 0 Å². The molecule has 0 bridgehead atoms. The van der Waals surface area contributed by atoms with Gasteiger partial charge in [-0.15, -0.1) is 0 Å². The molecule has 0 aliphatic heterocycles. The topological polar surface area (TPSA) is 58.8 Å². The molecule has 0 heterocycles. The van der Waals surface area contributed by atoms with Gasteiger partial charge in [-0.2, -0.15) is 0 Å². The summed E-state index contributed by atoms with van der Waals surface area (Å²) in [6, 6.07) is 0. The van der Waals surface area contributed by atoms with Crippen LogP contribution in [0.3, 0.4) is 0 Å². The van der Waals surface area contributed by atoms with E-state index in [2.05, 4.69) is 4.90 Å². The van der Waals surface area contributed by atoms with Crippen LogP contribution in [-0.2, 0) is 9.53 Å². The van der Waals surface area contributed by atoms with Crippen LogP contribution in [-0.4, -0.2) is 69.7 Å². The Morgan fingerprint density at radius 2 is 1.83 bits per heavy atom. The average Bonchev–Trinajstić information content (AvgIpc) is 2.32. The monoisotopic (exact) mass is 259 g/mol. The predicted octanol–water partition coefficient (Wildman–Crippen LogP) is 0.398. The fourth-order valence-electron chi connectivity index (χ4n) is 1.61. The number of nitrogens with two attached hydrogens (primary N) is 1. The molecule has 0 rings (SSSR count). The van der Waals surface area contributed by atoms with Gasteiger partial charge in [0, 0.05) is 26.7 Å². The largest absolute Gasteiger partial charge is 0.383 e. The van der Waals surface area contributed by atoms with E-state index in [1.165, 1.54) is 0 Å². The van der Waals surface area contributed by atoms with E-state index in [1.54, 1.807) is 7.11 Å². The Hall–Kier alpha value is -0.650.